The second-order valence-electron chi connectivity index (χ2n) is 4.84. The number of rotatable bonds is 6. The minimum Gasteiger partial charge on any atom is -0.480 e. The van der Waals surface area contributed by atoms with Gasteiger partial charge < -0.3 is 4.74 Å². The number of ether oxygens (including phenoxy) is 1. The number of benzene rings is 1. The van der Waals surface area contributed by atoms with Crippen molar-refractivity contribution in [2.24, 2.45) is 5.92 Å². The number of carbonyl (C=O) groups is 1. The molecule has 0 radical (unpaired) electrons. The lowest BCUT2D eigenvalue weighted by Crippen LogP contribution is -2.42. The van der Waals surface area contributed by atoms with E-state index in [1.807, 2.05) is 57.2 Å². The first-order chi connectivity index (χ1) is 9.51. The Bertz CT molecular complexity index is 469. The first-order valence-electron chi connectivity index (χ1n) is 6.71. The van der Waals surface area contributed by atoms with E-state index in [-0.39, 0.29) is 11.8 Å². The molecule has 1 unspecified atom stereocenters. The van der Waals surface area contributed by atoms with Gasteiger partial charge in [-0.1, -0.05) is 44.2 Å². The van der Waals surface area contributed by atoms with E-state index in [0.717, 1.165) is 5.56 Å². The summed E-state index contributed by atoms with van der Waals surface area (Å²) in [6.45, 7) is 5.84. The molecule has 0 saturated carbocycles. The van der Waals surface area contributed by atoms with Gasteiger partial charge in [0.1, 0.15) is 5.75 Å². The van der Waals surface area contributed by atoms with E-state index < -0.39 is 6.10 Å². The molecule has 4 nitrogen and oxygen atoms in total. The Morgan fingerprint density at radius 2 is 1.95 bits per heavy atom. The SMILES string of the molecule is C/C=C/c1ccccc1OC(C(=O)N(C)OC)C(C)C. The Balaban J connectivity index is 3.00. The molecule has 110 valence electrons. The van der Waals surface area contributed by atoms with Crippen molar-refractivity contribution in [3.05, 3.63) is 35.9 Å². The quantitative estimate of drug-likeness (QED) is 0.750. The lowest BCUT2D eigenvalue weighted by Gasteiger charge is -2.26. The van der Waals surface area contributed by atoms with Gasteiger partial charge in [-0.3, -0.25) is 9.63 Å². The average Bonchev–Trinajstić information content (AvgIpc) is 2.44. The van der Waals surface area contributed by atoms with Crippen molar-refractivity contribution in [1.29, 1.82) is 0 Å². The molecule has 0 saturated heterocycles. The van der Waals surface area contributed by atoms with Crippen molar-refractivity contribution in [3.63, 3.8) is 0 Å². The number of likely N-dealkylation sites (N-methyl/N-ethyl adjacent to an activating group) is 1. The Morgan fingerprint density at radius 1 is 1.30 bits per heavy atom. The van der Waals surface area contributed by atoms with Crippen LogP contribution in [0, 0.1) is 5.92 Å². The van der Waals surface area contributed by atoms with Crippen molar-refractivity contribution < 1.29 is 14.4 Å². The van der Waals surface area contributed by atoms with Crippen LogP contribution < -0.4 is 4.74 Å². The lowest BCUT2D eigenvalue weighted by atomic mass is 10.1. The molecular formula is C16H23NO3. The summed E-state index contributed by atoms with van der Waals surface area (Å²) in [5, 5.41) is 1.20. The van der Waals surface area contributed by atoms with Crippen LogP contribution in [-0.4, -0.2) is 31.2 Å². The minimum absolute atomic E-state index is 0.0405. The minimum atomic E-state index is -0.577. The maximum Gasteiger partial charge on any atom is 0.287 e. The molecule has 20 heavy (non-hydrogen) atoms. The summed E-state index contributed by atoms with van der Waals surface area (Å²) < 4.78 is 5.92. The number of carbonyl (C=O) groups excluding carboxylic acids is 1. The molecule has 1 amide bonds. The predicted molar refractivity (Wildman–Crippen MR) is 80.2 cm³/mol. The monoisotopic (exact) mass is 277 g/mol. The van der Waals surface area contributed by atoms with Crippen LogP contribution in [0.3, 0.4) is 0 Å². The van der Waals surface area contributed by atoms with Crippen LogP contribution in [0.25, 0.3) is 6.08 Å². The summed E-state index contributed by atoms with van der Waals surface area (Å²) in [6, 6.07) is 7.65. The summed E-state index contributed by atoms with van der Waals surface area (Å²) >= 11 is 0. The van der Waals surface area contributed by atoms with E-state index in [9.17, 15) is 4.79 Å². The first-order valence-corrected chi connectivity index (χ1v) is 6.71. The summed E-state index contributed by atoms with van der Waals surface area (Å²) in [4.78, 5) is 17.2. The second-order valence-corrected chi connectivity index (χ2v) is 4.84. The summed E-state index contributed by atoms with van der Waals surface area (Å²) in [5.74, 6) is 0.540. The zero-order valence-corrected chi connectivity index (χ0v) is 12.8. The van der Waals surface area contributed by atoms with Gasteiger partial charge in [-0.25, -0.2) is 5.06 Å². The summed E-state index contributed by atoms with van der Waals surface area (Å²) in [5.41, 5.74) is 0.952. The lowest BCUT2D eigenvalue weighted by molar-refractivity contribution is -0.178. The molecule has 4 heteroatoms. The van der Waals surface area contributed by atoms with Gasteiger partial charge in [-0.2, -0.15) is 0 Å². The van der Waals surface area contributed by atoms with E-state index in [0.29, 0.717) is 5.75 Å². The zero-order valence-electron chi connectivity index (χ0n) is 12.8. The molecule has 0 N–H and O–H groups in total. The van der Waals surface area contributed by atoms with Gasteiger partial charge in [-0.15, -0.1) is 0 Å². The third-order valence-electron chi connectivity index (χ3n) is 2.95. The fourth-order valence-electron chi connectivity index (χ4n) is 1.78. The van der Waals surface area contributed by atoms with Gasteiger partial charge >= 0.3 is 0 Å². The number of allylic oxidation sites excluding steroid dienone is 1. The van der Waals surface area contributed by atoms with Crippen molar-refractivity contribution >= 4 is 12.0 Å². The summed E-state index contributed by atoms with van der Waals surface area (Å²) in [7, 11) is 3.04. The number of para-hydroxylation sites is 1. The van der Waals surface area contributed by atoms with Crippen molar-refractivity contribution in [2.45, 2.75) is 26.9 Å². The van der Waals surface area contributed by atoms with E-state index in [1.54, 1.807) is 7.05 Å². The molecule has 0 aromatic heterocycles. The van der Waals surface area contributed by atoms with Crippen molar-refractivity contribution in [2.75, 3.05) is 14.2 Å². The molecule has 1 rings (SSSR count). The van der Waals surface area contributed by atoms with Gasteiger partial charge in [0.25, 0.3) is 5.91 Å². The third-order valence-corrected chi connectivity index (χ3v) is 2.95. The number of amides is 1. The standard InChI is InChI=1S/C16H23NO3/c1-6-9-13-10-7-8-11-14(13)20-15(12(2)3)16(18)17(4)19-5/h6-12,15H,1-5H3/b9-6+. The van der Waals surface area contributed by atoms with Crippen LogP contribution >= 0.6 is 0 Å². The first kappa shape index (κ1) is 16.2. The fraction of sp³-hybridized carbons (Fsp3) is 0.438. The molecule has 0 bridgehead atoms. The Hall–Kier alpha value is -1.81. The molecule has 0 aliphatic heterocycles. The van der Waals surface area contributed by atoms with Crippen molar-refractivity contribution in [3.8, 4) is 5.75 Å². The molecule has 0 fully saturated rings. The maximum absolute atomic E-state index is 12.2. The van der Waals surface area contributed by atoms with Crippen LogP contribution in [0.4, 0.5) is 0 Å². The van der Waals surface area contributed by atoms with E-state index >= 15 is 0 Å². The molecule has 0 heterocycles. The molecular weight excluding hydrogens is 254 g/mol. The third kappa shape index (κ3) is 4.10. The van der Waals surface area contributed by atoms with Crippen LogP contribution in [0.1, 0.15) is 26.3 Å². The van der Waals surface area contributed by atoms with E-state index in [2.05, 4.69) is 0 Å². The molecule has 1 atom stereocenters. The molecule has 0 spiro atoms. The van der Waals surface area contributed by atoms with Crippen LogP contribution in [0.2, 0.25) is 0 Å². The Morgan fingerprint density at radius 3 is 2.50 bits per heavy atom. The smallest absolute Gasteiger partial charge is 0.287 e. The number of hydrogen-bond donors (Lipinski definition) is 0. The highest BCUT2D eigenvalue weighted by atomic mass is 16.7. The average molecular weight is 277 g/mol. The van der Waals surface area contributed by atoms with Gasteiger partial charge in [0.2, 0.25) is 0 Å². The largest absolute Gasteiger partial charge is 0.480 e. The molecule has 0 aliphatic rings. The highest BCUT2D eigenvalue weighted by Gasteiger charge is 2.28. The Labute approximate surface area is 120 Å². The van der Waals surface area contributed by atoms with Crippen LogP contribution in [0.15, 0.2) is 30.3 Å². The van der Waals surface area contributed by atoms with Gasteiger partial charge in [-0.05, 0) is 18.9 Å². The topological polar surface area (TPSA) is 38.8 Å². The molecule has 0 aliphatic carbocycles. The summed E-state index contributed by atoms with van der Waals surface area (Å²) in [6.07, 6.45) is 3.32. The van der Waals surface area contributed by atoms with Crippen LogP contribution in [0.5, 0.6) is 5.75 Å². The fourth-order valence-corrected chi connectivity index (χ4v) is 1.78. The normalized spacial score (nSPS) is 12.7. The number of nitrogens with zero attached hydrogens (tertiary/aromatic N) is 1. The number of hydroxylamine groups is 2. The van der Waals surface area contributed by atoms with E-state index in [1.165, 1.54) is 12.2 Å². The van der Waals surface area contributed by atoms with Crippen LogP contribution in [-0.2, 0) is 9.63 Å². The second kappa shape index (κ2) is 7.70. The van der Waals surface area contributed by atoms with Gasteiger partial charge in [0, 0.05) is 12.6 Å². The highest BCUT2D eigenvalue weighted by molar-refractivity contribution is 5.80. The predicted octanol–water partition coefficient (Wildman–Crippen LogP) is 3.14. The molecule has 1 aromatic rings. The Kier molecular flexibility index (Phi) is 6.25. The maximum atomic E-state index is 12.2. The molecule has 1 aromatic carbocycles. The highest BCUT2D eigenvalue weighted by Crippen LogP contribution is 2.23. The zero-order chi connectivity index (χ0) is 15.1. The van der Waals surface area contributed by atoms with E-state index in [4.69, 9.17) is 9.57 Å². The van der Waals surface area contributed by atoms with Crippen molar-refractivity contribution in [1.82, 2.24) is 5.06 Å². The van der Waals surface area contributed by atoms with Gasteiger partial charge in [0.15, 0.2) is 6.10 Å². The van der Waals surface area contributed by atoms with Gasteiger partial charge in [0.05, 0.1) is 7.11 Å². The number of hydrogen-bond acceptors (Lipinski definition) is 3.